The maximum Gasteiger partial charge on any atom is 0.519 e. The van der Waals surface area contributed by atoms with Gasteiger partial charge in [0.25, 0.3) is 5.91 Å². The average molecular weight is 489 g/mol. The van der Waals surface area contributed by atoms with Gasteiger partial charge in [-0.1, -0.05) is 18.7 Å². The van der Waals surface area contributed by atoms with Gasteiger partial charge in [-0.2, -0.15) is 18.4 Å². The second kappa shape index (κ2) is 9.11. The lowest BCUT2D eigenvalue weighted by atomic mass is 9.90. The fourth-order valence-corrected chi connectivity index (χ4v) is 3.55. The number of hydrogen-bond acceptors (Lipinski definition) is 7. The summed E-state index contributed by atoms with van der Waals surface area (Å²) in [5.41, 5.74) is -4.04. The largest absolute Gasteiger partial charge is 0.519 e. The molecule has 0 radical (unpaired) electrons. The summed E-state index contributed by atoms with van der Waals surface area (Å²) >= 11 is 0. The number of allylic oxidation sites excluding steroid dienone is 1. The fraction of sp³-hybridized carbons (Fsp3) is 0.217. The number of halogens is 3. The Morgan fingerprint density at radius 3 is 2.34 bits per heavy atom. The van der Waals surface area contributed by atoms with E-state index in [2.05, 4.69) is 11.3 Å². The molecule has 0 saturated carbocycles. The number of nitriles is 1. The molecule has 1 aliphatic rings. The molecule has 1 unspecified atom stereocenters. The molecule has 0 aromatic heterocycles. The molecule has 1 atom stereocenters. The van der Waals surface area contributed by atoms with Crippen LogP contribution in [0.5, 0.6) is 5.75 Å². The van der Waals surface area contributed by atoms with Gasteiger partial charge in [0, 0.05) is 0 Å². The molecule has 0 spiro atoms. The maximum absolute atomic E-state index is 13.4. The van der Waals surface area contributed by atoms with Crippen LogP contribution in [0.4, 0.5) is 28.4 Å². The van der Waals surface area contributed by atoms with Gasteiger partial charge in [-0.3, -0.25) is 9.69 Å². The van der Waals surface area contributed by atoms with Crippen molar-refractivity contribution in [3.05, 3.63) is 71.5 Å². The van der Waals surface area contributed by atoms with E-state index in [0.717, 1.165) is 17.0 Å². The van der Waals surface area contributed by atoms with Gasteiger partial charge in [-0.15, -0.1) is 0 Å². The molecule has 3 amide bonds. The number of urea groups is 1. The van der Waals surface area contributed by atoms with E-state index in [1.165, 1.54) is 44.2 Å². The molecule has 1 saturated heterocycles. The minimum atomic E-state index is -4.91. The minimum Gasteiger partial charge on any atom is -0.400 e. The highest BCUT2D eigenvalue weighted by Crippen LogP contribution is 2.41. The number of amides is 3. The molecule has 2 aromatic carbocycles. The minimum absolute atomic E-state index is 0.0367. The van der Waals surface area contributed by atoms with Crippen molar-refractivity contribution in [3.8, 4) is 11.8 Å². The molecule has 0 bridgehead atoms. The van der Waals surface area contributed by atoms with Crippen molar-refractivity contribution >= 4 is 23.8 Å². The number of carbonyl (C=O) groups excluding carboxylic acids is 3. The van der Waals surface area contributed by atoms with Gasteiger partial charge in [0.2, 0.25) is 0 Å². The van der Waals surface area contributed by atoms with Crippen LogP contribution in [0.2, 0.25) is 0 Å². The SMILES string of the molecule is C=C(C)OC(=O)Oc1ccc(C2(C)C(=O)N(c3ccc(C#N)c(C(F)(F)F)c3)C(=O)N2CO)cc1. The van der Waals surface area contributed by atoms with Crippen LogP contribution in [0.25, 0.3) is 0 Å². The normalized spacial score (nSPS) is 17.9. The van der Waals surface area contributed by atoms with E-state index in [0.29, 0.717) is 11.0 Å². The van der Waals surface area contributed by atoms with E-state index in [1.54, 1.807) is 0 Å². The number of alkyl halides is 3. The van der Waals surface area contributed by atoms with Gasteiger partial charge >= 0.3 is 18.4 Å². The van der Waals surface area contributed by atoms with Gasteiger partial charge in [0.05, 0.1) is 22.9 Å². The quantitative estimate of drug-likeness (QED) is 0.288. The first-order chi connectivity index (χ1) is 16.3. The van der Waals surface area contributed by atoms with Gasteiger partial charge in [-0.25, -0.2) is 14.5 Å². The Balaban J connectivity index is 2.00. The third-order valence-electron chi connectivity index (χ3n) is 5.29. The van der Waals surface area contributed by atoms with Crippen molar-refractivity contribution in [3.63, 3.8) is 0 Å². The number of rotatable bonds is 5. The Morgan fingerprint density at radius 2 is 1.83 bits per heavy atom. The zero-order valence-electron chi connectivity index (χ0n) is 18.4. The third-order valence-corrected chi connectivity index (χ3v) is 5.29. The molecule has 1 heterocycles. The number of hydrogen-bond donors (Lipinski definition) is 1. The number of ether oxygens (including phenoxy) is 2. The first-order valence-electron chi connectivity index (χ1n) is 9.88. The molecule has 1 aliphatic heterocycles. The molecule has 182 valence electrons. The van der Waals surface area contributed by atoms with Crippen molar-refractivity contribution in [2.75, 3.05) is 11.6 Å². The summed E-state index contributed by atoms with van der Waals surface area (Å²) in [7, 11) is 0. The second-order valence-corrected chi connectivity index (χ2v) is 7.58. The predicted molar refractivity (Wildman–Crippen MR) is 114 cm³/mol. The molecular weight excluding hydrogens is 471 g/mol. The first-order valence-corrected chi connectivity index (χ1v) is 9.88. The number of benzene rings is 2. The van der Waals surface area contributed by atoms with E-state index >= 15 is 0 Å². The van der Waals surface area contributed by atoms with Crippen LogP contribution in [0.15, 0.2) is 54.8 Å². The number of aliphatic hydroxyl groups excluding tert-OH is 1. The van der Waals surface area contributed by atoms with Crippen molar-refractivity contribution in [2.45, 2.75) is 25.6 Å². The van der Waals surface area contributed by atoms with E-state index < -0.39 is 53.4 Å². The van der Waals surface area contributed by atoms with Crippen LogP contribution in [0.3, 0.4) is 0 Å². The van der Waals surface area contributed by atoms with Gasteiger partial charge in [-0.05, 0) is 49.7 Å². The zero-order valence-corrected chi connectivity index (χ0v) is 18.4. The van der Waals surface area contributed by atoms with Gasteiger partial charge < -0.3 is 14.6 Å². The highest BCUT2D eigenvalue weighted by Gasteiger charge is 2.56. The van der Waals surface area contributed by atoms with Crippen LogP contribution in [-0.2, 0) is 21.2 Å². The number of nitrogens with zero attached hydrogens (tertiary/aromatic N) is 3. The van der Waals surface area contributed by atoms with Crippen molar-refractivity contribution < 1.29 is 42.1 Å². The first kappa shape index (κ1) is 25.3. The van der Waals surface area contributed by atoms with E-state index in [-0.39, 0.29) is 17.1 Å². The number of carbonyl (C=O) groups is 3. The number of anilines is 1. The van der Waals surface area contributed by atoms with Crippen molar-refractivity contribution in [1.82, 2.24) is 4.90 Å². The van der Waals surface area contributed by atoms with Crippen LogP contribution in [0.1, 0.15) is 30.5 Å². The molecule has 9 nitrogen and oxygen atoms in total. The second-order valence-electron chi connectivity index (χ2n) is 7.58. The summed E-state index contributed by atoms with van der Waals surface area (Å²) < 4.78 is 49.9. The Bertz CT molecular complexity index is 1250. The third kappa shape index (κ3) is 4.53. The molecule has 1 fully saturated rings. The van der Waals surface area contributed by atoms with Crippen LogP contribution in [-0.4, -0.2) is 34.8 Å². The predicted octanol–water partition coefficient (Wildman–Crippen LogP) is 4.26. The topological polar surface area (TPSA) is 120 Å². The van der Waals surface area contributed by atoms with Crippen LogP contribution < -0.4 is 9.64 Å². The molecule has 0 aliphatic carbocycles. The van der Waals surface area contributed by atoms with E-state index in [4.69, 9.17) is 10.00 Å². The fourth-order valence-electron chi connectivity index (χ4n) is 3.55. The highest BCUT2D eigenvalue weighted by molar-refractivity contribution is 6.23. The Labute approximate surface area is 197 Å². The highest BCUT2D eigenvalue weighted by atomic mass is 19.4. The molecular formula is C23H18F3N3O6. The van der Waals surface area contributed by atoms with Crippen molar-refractivity contribution in [1.29, 1.82) is 5.26 Å². The Morgan fingerprint density at radius 1 is 1.20 bits per heavy atom. The molecule has 12 heteroatoms. The molecule has 1 N–H and O–H groups in total. The zero-order chi connectivity index (χ0) is 26.1. The summed E-state index contributed by atoms with van der Waals surface area (Å²) in [5.74, 6) is -0.802. The Hall–Kier alpha value is -4.37. The summed E-state index contributed by atoms with van der Waals surface area (Å²) in [6.45, 7) is 5.22. The average Bonchev–Trinajstić information content (AvgIpc) is 2.98. The lowest BCUT2D eigenvalue weighted by Gasteiger charge is -2.30. The summed E-state index contributed by atoms with van der Waals surface area (Å²) in [5, 5.41) is 18.8. The van der Waals surface area contributed by atoms with Gasteiger partial charge in [0.15, 0.2) is 0 Å². The van der Waals surface area contributed by atoms with Crippen molar-refractivity contribution in [2.24, 2.45) is 0 Å². The molecule has 2 aromatic rings. The maximum atomic E-state index is 13.4. The van der Waals surface area contributed by atoms with Crippen LogP contribution in [0, 0.1) is 11.3 Å². The molecule has 35 heavy (non-hydrogen) atoms. The van der Waals surface area contributed by atoms with E-state index in [9.17, 15) is 32.7 Å². The number of aliphatic hydroxyl groups is 1. The summed E-state index contributed by atoms with van der Waals surface area (Å²) in [4.78, 5) is 39.3. The Kier molecular flexibility index (Phi) is 6.57. The monoisotopic (exact) mass is 489 g/mol. The summed E-state index contributed by atoms with van der Waals surface area (Å²) in [6, 6.07) is 8.08. The lowest BCUT2D eigenvalue weighted by molar-refractivity contribution is -0.137. The standard InChI is InChI=1S/C23H18F3N3O6/c1-13(2)34-21(33)35-17-8-5-15(6-9-17)22(3)19(31)29(20(32)28(22)12-30)16-7-4-14(11-27)18(10-16)23(24,25)26/h4-10,30H,1,12H2,2-3H3. The number of imide groups is 1. The van der Waals surface area contributed by atoms with E-state index in [1.807, 2.05) is 0 Å². The van der Waals surface area contributed by atoms with Crippen LogP contribution >= 0.6 is 0 Å². The van der Waals surface area contributed by atoms with Gasteiger partial charge in [0.1, 0.15) is 23.8 Å². The molecule has 3 rings (SSSR count). The summed E-state index contributed by atoms with van der Waals surface area (Å²) in [6.07, 6.45) is -5.96. The smallest absolute Gasteiger partial charge is 0.400 e. The lowest BCUT2D eigenvalue weighted by Crippen LogP contribution is -2.44.